The van der Waals surface area contributed by atoms with Gasteiger partial charge in [0.05, 0.1) is 35.8 Å². The lowest BCUT2D eigenvalue weighted by Gasteiger charge is -2.37. The molecule has 4 heterocycles. The van der Waals surface area contributed by atoms with Crippen molar-refractivity contribution in [3.63, 3.8) is 0 Å². The van der Waals surface area contributed by atoms with E-state index in [1.165, 1.54) is 30.6 Å². The van der Waals surface area contributed by atoms with Crippen LogP contribution in [0.1, 0.15) is 47.4 Å². The van der Waals surface area contributed by atoms with Crippen molar-refractivity contribution in [3.8, 4) is 0 Å². The highest BCUT2D eigenvalue weighted by Crippen LogP contribution is 2.55. The highest BCUT2D eigenvalue weighted by Gasteiger charge is 2.56. The van der Waals surface area contributed by atoms with E-state index in [9.17, 15) is 18.0 Å². The first-order valence-electron chi connectivity index (χ1n) is 11.2. The fourth-order valence-electron chi connectivity index (χ4n) is 4.12. The molecule has 1 saturated carbocycles. The molecule has 1 amide bonds. The van der Waals surface area contributed by atoms with Crippen molar-refractivity contribution >= 4 is 34.8 Å². The third-order valence-electron chi connectivity index (χ3n) is 5.96. The molecule has 188 valence electrons. The molecule has 2 N–H and O–H groups in total. The van der Waals surface area contributed by atoms with Gasteiger partial charge in [0.25, 0.3) is 5.91 Å². The summed E-state index contributed by atoms with van der Waals surface area (Å²) in [6.07, 6.45) is 0.368. The highest BCUT2D eigenvalue weighted by molar-refractivity contribution is 6.29. The predicted molar refractivity (Wildman–Crippen MR) is 125 cm³/mol. The summed E-state index contributed by atoms with van der Waals surface area (Å²) in [5.74, 6) is -0.0592. The van der Waals surface area contributed by atoms with Crippen molar-refractivity contribution in [2.75, 3.05) is 17.2 Å². The maximum atomic E-state index is 13.1. The van der Waals surface area contributed by atoms with Gasteiger partial charge >= 0.3 is 6.18 Å². The number of hydrogen-bond acceptors (Lipinski definition) is 7. The van der Waals surface area contributed by atoms with Crippen LogP contribution in [0.25, 0.3) is 0 Å². The molecule has 1 saturated heterocycles. The number of carbonyl (C=O) groups is 1. The molecular formula is C24H21ClF3N5O3. The topological polar surface area (TPSA) is 98.3 Å². The Morgan fingerprint density at radius 1 is 1.11 bits per heavy atom. The van der Waals surface area contributed by atoms with Gasteiger partial charge in [-0.1, -0.05) is 11.6 Å². The molecule has 36 heavy (non-hydrogen) atoms. The number of aromatic nitrogens is 3. The standard InChI is InChI=1S/C24H21ClF3N5O3/c1-13-12-35-21(23(36-13)5-6-23)16-9-18(25)30-11-17(16)32-22(34)14-4-7-29-20(8-14)33-19-3-2-15(10-31-19)24(26,27)28/h2-4,7-11,13,21H,5-6,12H2,1H3,(H,32,34)(H,29,31,33)/t13-,21-/m1/s1. The van der Waals surface area contributed by atoms with Gasteiger partial charge in [-0.3, -0.25) is 4.79 Å². The molecule has 1 spiro atoms. The number of alkyl halides is 3. The van der Waals surface area contributed by atoms with Gasteiger partial charge in [0.2, 0.25) is 0 Å². The molecule has 0 bridgehead atoms. The number of nitrogens with one attached hydrogen (secondary N) is 2. The van der Waals surface area contributed by atoms with Gasteiger partial charge < -0.3 is 20.1 Å². The lowest BCUT2D eigenvalue weighted by molar-refractivity contribution is -0.192. The predicted octanol–water partition coefficient (Wildman–Crippen LogP) is 5.55. The first-order valence-corrected chi connectivity index (χ1v) is 11.5. The zero-order valence-corrected chi connectivity index (χ0v) is 19.7. The Balaban J connectivity index is 1.34. The molecular weight excluding hydrogens is 499 g/mol. The summed E-state index contributed by atoms with van der Waals surface area (Å²) in [6, 6.07) is 6.72. The van der Waals surface area contributed by atoms with Gasteiger partial charge in [-0.2, -0.15) is 13.2 Å². The highest BCUT2D eigenvalue weighted by atomic mass is 35.5. The number of amides is 1. The molecule has 2 aliphatic rings. The third-order valence-corrected chi connectivity index (χ3v) is 6.16. The van der Waals surface area contributed by atoms with Crippen molar-refractivity contribution in [3.05, 3.63) is 70.8 Å². The summed E-state index contributed by atoms with van der Waals surface area (Å²) in [7, 11) is 0. The number of ether oxygens (including phenoxy) is 2. The van der Waals surface area contributed by atoms with Gasteiger partial charge in [-0.25, -0.2) is 15.0 Å². The van der Waals surface area contributed by atoms with E-state index in [0.29, 0.717) is 17.9 Å². The van der Waals surface area contributed by atoms with Crippen LogP contribution in [0.15, 0.2) is 48.9 Å². The van der Waals surface area contributed by atoms with E-state index in [0.717, 1.165) is 25.1 Å². The van der Waals surface area contributed by atoms with Crippen LogP contribution in [0, 0.1) is 0 Å². The van der Waals surface area contributed by atoms with Crippen molar-refractivity contribution in [2.45, 2.75) is 43.8 Å². The van der Waals surface area contributed by atoms with E-state index in [-0.39, 0.29) is 28.5 Å². The van der Waals surface area contributed by atoms with Crippen LogP contribution in [-0.4, -0.2) is 39.2 Å². The zero-order valence-electron chi connectivity index (χ0n) is 19.0. The van der Waals surface area contributed by atoms with E-state index in [4.69, 9.17) is 21.1 Å². The lowest BCUT2D eigenvalue weighted by atomic mass is 10.00. The minimum Gasteiger partial charge on any atom is -0.368 e. The maximum absolute atomic E-state index is 13.1. The first-order chi connectivity index (χ1) is 17.1. The number of halogens is 4. The van der Waals surface area contributed by atoms with E-state index in [1.54, 1.807) is 6.07 Å². The number of nitrogens with zero attached hydrogens (tertiary/aromatic N) is 3. The lowest BCUT2D eigenvalue weighted by Crippen LogP contribution is -2.39. The number of anilines is 3. The summed E-state index contributed by atoms with van der Waals surface area (Å²) in [5, 5.41) is 5.92. The van der Waals surface area contributed by atoms with E-state index in [2.05, 4.69) is 25.6 Å². The molecule has 8 nitrogen and oxygen atoms in total. The molecule has 1 aliphatic heterocycles. The number of pyridine rings is 3. The Kier molecular flexibility index (Phi) is 6.31. The Bertz CT molecular complexity index is 1280. The minimum atomic E-state index is -4.48. The molecule has 3 aromatic heterocycles. The molecule has 12 heteroatoms. The Hall–Kier alpha value is -3.28. The summed E-state index contributed by atoms with van der Waals surface area (Å²) in [5.41, 5.74) is 0.0698. The molecule has 0 radical (unpaired) electrons. The van der Waals surface area contributed by atoms with Gasteiger partial charge in [0.15, 0.2) is 0 Å². The van der Waals surface area contributed by atoms with Crippen molar-refractivity contribution in [2.24, 2.45) is 0 Å². The van der Waals surface area contributed by atoms with Crippen LogP contribution < -0.4 is 10.6 Å². The van der Waals surface area contributed by atoms with Crippen LogP contribution in [0.3, 0.4) is 0 Å². The van der Waals surface area contributed by atoms with E-state index in [1.807, 2.05) is 6.92 Å². The molecule has 0 unspecified atom stereocenters. The SMILES string of the molecule is C[C@@H]1CO[C@H](c2cc(Cl)ncc2NC(=O)c2ccnc(Nc3ccc(C(F)(F)F)cn3)c2)C2(CC2)O1. The minimum absolute atomic E-state index is 0.0269. The van der Waals surface area contributed by atoms with Gasteiger partial charge in [-0.05, 0) is 50.1 Å². The van der Waals surface area contributed by atoms with Gasteiger partial charge in [0.1, 0.15) is 22.9 Å². The normalized spacial score (nSPS) is 20.7. The van der Waals surface area contributed by atoms with Crippen LogP contribution in [0.4, 0.5) is 30.5 Å². The second kappa shape index (κ2) is 9.30. The largest absolute Gasteiger partial charge is 0.417 e. The molecule has 3 aromatic rings. The fraction of sp³-hybridized carbons (Fsp3) is 0.333. The maximum Gasteiger partial charge on any atom is 0.417 e. The third kappa shape index (κ3) is 5.13. The second-order valence-corrected chi connectivity index (χ2v) is 9.13. The average Bonchev–Trinajstić information content (AvgIpc) is 3.59. The van der Waals surface area contributed by atoms with Gasteiger partial charge in [0, 0.05) is 23.5 Å². The molecule has 2 atom stereocenters. The van der Waals surface area contributed by atoms with Crippen molar-refractivity contribution in [1.29, 1.82) is 0 Å². The van der Waals surface area contributed by atoms with Crippen molar-refractivity contribution < 1.29 is 27.4 Å². The van der Waals surface area contributed by atoms with E-state index < -0.39 is 29.4 Å². The van der Waals surface area contributed by atoms with Crippen LogP contribution in [0.5, 0.6) is 0 Å². The molecule has 1 aliphatic carbocycles. The number of rotatable bonds is 5. The first kappa shape index (κ1) is 24.4. The van der Waals surface area contributed by atoms with Crippen molar-refractivity contribution in [1.82, 2.24) is 15.0 Å². The van der Waals surface area contributed by atoms with Gasteiger partial charge in [-0.15, -0.1) is 0 Å². The quantitative estimate of drug-likeness (QED) is 0.426. The summed E-state index contributed by atoms with van der Waals surface area (Å²) in [6.45, 7) is 2.37. The molecule has 2 fully saturated rings. The Labute approximate surface area is 209 Å². The summed E-state index contributed by atoms with van der Waals surface area (Å²) in [4.78, 5) is 25.1. The summed E-state index contributed by atoms with van der Waals surface area (Å²) >= 11 is 6.16. The second-order valence-electron chi connectivity index (χ2n) is 8.74. The fourth-order valence-corrected chi connectivity index (χ4v) is 4.29. The molecule has 0 aromatic carbocycles. The zero-order chi connectivity index (χ0) is 25.5. The monoisotopic (exact) mass is 519 g/mol. The van der Waals surface area contributed by atoms with E-state index >= 15 is 0 Å². The average molecular weight is 520 g/mol. The Morgan fingerprint density at radius 2 is 1.92 bits per heavy atom. The molecule has 5 rings (SSSR count). The van der Waals surface area contributed by atoms with Crippen LogP contribution >= 0.6 is 11.6 Å². The Morgan fingerprint density at radius 3 is 2.61 bits per heavy atom. The smallest absolute Gasteiger partial charge is 0.368 e. The van der Waals surface area contributed by atoms with Crippen LogP contribution in [0.2, 0.25) is 5.15 Å². The van der Waals surface area contributed by atoms with Crippen LogP contribution in [-0.2, 0) is 15.7 Å². The summed E-state index contributed by atoms with van der Waals surface area (Å²) < 4.78 is 50.5. The number of hydrogen-bond donors (Lipinski definition) is 2. The number of carbonyl (C=O) groups excluding carboxylic acids is 1.